The number of aromatic nitrogens is 4. The first-order valence-corrected chi connectivity index (χ1v) is 11.6. The average Bonchev–Trinajstić information content (AvgIpc) is 3.57. The minimum atomic E-state index is -0.220. The summed E-state index contributed by atoms with van der Waals surface area (Å²) in [7, 11) is 0. The summed E-state index contributed by atoms with van der Waals surface area (Å²) in [6.07, 6.45) is 18.4. The molecule has 0 bridgehead atoms. The van der Waals surface area contributed by atoms with Crippen molar-refractivity contribution in [3.05, 3.63) is 31.0 Å². The van der Waals surface area contributed by atoms with Crippen LogP contribution in [0.25, 0.3) is 11.3 Å². The molecule has 0 spiro atoms. The Kier molecular flexibility index (Phi) is 5.54. The molecule has 0 atom stereocenters. The first-order valence-electron chi connectivity index (χ1n) is 11.6. The predicted molar refractivity (Wildman–Crippen MR) is 115 cm³/mol. The van der Waals surface area contributed by atoms with E-state index in [-0.39, 0.29) is 5.54 Å². The van der Waals surface area contributed by atoms with Crippen molar-refractivity contribution in [2.75, 3.05) is 13.1 Å². The number of carbonyl (C=O) groups is 1. The van der Waals surface area contributed by atoms with Gasteiger partial charge in [0.1, 0.15) is 11.9 Å². The lowest BCUT2D eigenvalue weighted by atomic mass is 9.89. The van der Waals surface area contributed by atoms with Crippen molar-refractivity contribution >= 4 is 5.91 Å². The summed E-state index contributed by atoms with van der Waals surface area (Å²) in [6, 6.07) is 2.60. The Morgan fingerprint density at radius 2 is 1.83 bits per heavy atom. The minimum Gasteiger partial charge on any atom is -0.352 e. The van der Waals surface area contributed by atoms with E-state index in [2.05, 4.69) is 36.2 Å². The molecular weight excluding hydrogens is 376 g/mol. The van der Waals surface area contributed by atoms with E-state index in [1.165, 1.54) is 25.7 Å². The van der Waals surface area contributed by atoms with Crippen LogP contribution in [0.15, 0.2) is 31.0 Å². The van der Waals surface area contributed by atoms with Gasteiger partial charge in [0.15, 0.2) is 0 Å². The molecule has 2 aliphatic carbocycles. The quantitative estimate of drug-likeness (QED) is 0.821. The lowest BCUT2D eigenvalue weighted by molar-refractivity contribution is -0.133. The highest BCUT2D eigenvalue weighted by molar-refractivity contribution is 5.87. The normalized spacial score (nSPS) is 26.7. The summed E-state index contributed by atoms with van der Waals surface area (Å²) in [5, 5.41) is 8.05. The molecule has 3 heterocycles. The largest absolute Gasteiger partial charge is 0.352 e. The average molecular weight is 409 g/mol. The highest BCUT2D eigenvalue weighted by atomic mass is 16.2. The predicted octanol–water partition coefficient (Wildman–Crippen LogP) is 3.35. The molecule has 1 aliphatic heterocycles. The molecule has 0 unspecified atom stereocenters. The fraction of sp³-hybridized carbons (Fsp3) is 0.652. The number of hydrogen-bond acceptors (Lipinski definition) is 5. The van der Waals surface area contributed by atoms with Crippen molar-refractivity contribution in [1.82, 2.24) is 30.0 Å². The van der Waals surface area contributed by atoms with Crippen LogP contribution in [-0.4, -0.2) is 55.2 Å². The minimum absolute atomic E-state index is 0.220. The zero-order valence-electron chi connectivity index (χ0n) is 17.7. The van der Waals surface area contributed by atoms with Crippen molar-refractivity contribution in [3.8, 4) is 11.3 Å². The fourth-order valence-corrected chi connectivity index (χ4v) is 5.73. The molecule has 7 heteroatoms. The Balaban J connectivity index is 1.18. The van der Waals surface area contributed by atoms with Crippen LogP contribution in [0.3, 0.4) is 0 Å². The van der Waals surface area contributed by atoms with Crippen LogP contribution in [0.1, 0.15) is 70.3 Å². The monoisotopic (exact) mass is 408 g/mol. The Morgan fingerprint density at radius 3 is 2.53 bits per heavy atom. The summed E-state index contributed by atoms with van der Waals surface area (Å²) in [4.78, 5) is 24.1. The van der Waals surface area contributed by atoms with Gasteiger partial charge in [-0.15, -0.1) is 0 Å². The van der Waals surface area contributed by atoms with Crippen molar-refractivity contribution in [2.45, 2.75) is 81.8 Å². The molecule has 30 heavy (non-hydrogen) atoms. The summed E-state index contributed by atoms with van der Waals surface area (Å²) in [5.41, 5.74) is 1.71. The third-order valence-corrected chi connectivity index (χ3v) is 7.45. The number of nitrogens with zero attached hydrogens (tertiary/aromatic N) is 5. The molecular formula is C23H32N6O. The smallest absolute Gasteiger partial charge is 0.240 e. The highest BCUT2D eigenvalue weighted by Crippen LogP contribution is 2.38. The molecule has 1 amide bonds. The van der Waals surface area contributed by atoms with E-state index in [4.69, 9.17) is 0 Å². The molecule has 5 rings (SSSR count). The lowest BCUT2D eigenvalue weighted by Gasteiger charge is -2.39. The van der Waals surface area contributed by atoms with Gasteiger partial charge in [-0.3, -0.25) is 14.4 Å². The van der Waals surface area contributed by atoms with Crippen molar-refractivity contribution in [1.29, 1.82) is 0 Å². The topological polar surface area (TPSA) is 75.9 Å². The maximum Gasteiger partial charge on any atom is 0.240 e. The van der Waals surface area contributed by atoms with E-state index in [0.717, 1.165) is 62.9 Å². The second-order valence-electron chi connectivity index (χ2n) is 9.22. The number of rotatable bonds is 5. The van der Waals surface area contributed by atoms with Gasteiger partial charge in [-0.1, -0.05) is 12.8 Å². The number of amides is 1. The van der Waals surface area contributed by atoms with Gasteiger partial charge in [-0.25, -0.2) is 9.97 Å². The Morgan fingerprint density at radius 1 is 1.07 bits per heavy atom. The molecule has 2 aromatic rings. The van der Waals surface area contributed by atoms with Gasteiger partial charge in [0.05, 0.1) is 17.9 Å². The van der Waals surface area contributed by atoms with Crippen molar-refractivity contribution in [3.63, 3.8) is 0 Å². The second-order valence-corrected chi connectivity index (χ2v) is 9.22. The first-order chi connectivity index (χ1) is 14.7. The second kappa shape index (κ2) is 8.46. The zero-order valence-corrected chi connectivity index (χ0v) is 17.7. The van der Waals surface area contributed by atoms with Crippen LogP contribution in [0.2, 0.25) is 0 Å². The van der Waals surface area contributed by atoms with Gasteiger partial charge >= 0.3 is 0 Å². The van der Waals surface area contributed by atoms with E-state index in [0.29, 0.717) is 18.0 Å². The number of nitrogens with one attached hydrogen (secondary N) is 1. The standard InChI is InChI=1S/C23H32N6O/c30-22(23(10-1-2-11-23)28-13-3-4-14-28)27-19-5-7-20(8-6-19)29-16-18(15-26-29)21-9-12-24-17-25-21/h9,12,15-17,19-20H,1-8,10-11,13-14H2,(H,27,30). The SMILES string of the molecule is O=C(NC1CCC(n2cc(-c3ccncn3)cn2)CC1)C1(N2CCCC2)CCCC1. The maximum atomic E-state index is 13.4. The summed E-state index contributed by atoms with van der Waals surface area (Å²) < 4.78 is 2.08. The first kappa shape index (κ1) is 19.7. The van der Waals surface area contributed by atoms with Gasteiger partial charge < -0.3 is 5.32 Å². The van der Waals surface area contributed by atoms with Gasteiger partial charge in [0, 0.05) is 24.0 Å². The highest BCUT2D eigenvalue weighted by Gasteiger charge is 2.47. The van der Waals surface area contributed by atoms with Crippen molar-refractivity contribution < 1.29 is 4.79 Å². The van der Waals surface area contributed by atoms with Gasteiger partial charge in [0.25, 0.3) is 0 Å². The van der Waals surface area contributed by atoms with Gasteiger partial charge in [0.2, 0.25) is 5.91 Å². The molecule has 160 valence electrons. The fourth-order valence-electron chi connectivity index (χ4n) is 5.73. The Labute approximate surface area is 178 Å². The van der Waals surface area contributed by atoms with Crippen LogP contribution in [0.4, 0.5) is 0 Å². The molecule has 3 aliphatic rings. The van der Waals surface area contributed by atoms with E-state index in [9.17, 15) is 4.79 Å². The number of hydrogen-bond donors (Lipinski definition) is 1. The van der Waals surface area contributed by atoms with Crippen LogP contribution >= 0.6 is 0 Å². The summed E-state index contributed by atoms with van der Waals surface area (Å²) >= 11 is 0. The Hall–Kier alpha value is -2.28. The van der Waals surface area contributed by atoms with Crippen LogP contribution in [0, 0.1) is 0 Å². The molecule has 7 nitrogen and oxygen atoms in total. The molecule has 0 radical (unpaired) electrons. The maximum absolute atomic E-state index is 13.4. The van der Waals surface area contributed by atoms with E-state index in [1.807, 2.05) is 12.3 Å². The molecule has 1 N–H and O–H groups in total. The van der Waals surface area contributed by atoms with Crippen LogP contribution < -0.4 is 5.32 Å². The Bertz CT molecular complexity index is 846. The molecule has 3 fully saturated rings. The van der Waals surface area contributed by atoms with Crippen molar-refractivity contribution in [2.24, 2.45) is 0 Å². The molecule has 0 aromatic carbocycles. The molecule has 2 aromatic heterocycles. The number of likely N-dealkylation sites (tertiary alicyclic amines) is 1. The third-order valence-electron chi connectivity index (χ3n) is 7.45. The summed E-state index contributed by atoms with van der Waals surface area (Å²) in [6.45, 7) is 2.18. The van der Waals surface area contributed by atoms with E-state index < -0.39 is 0 Å². The third kappa shape index (κ3) is 3.75. The molecule has 2 saturated carbocycles. The van der Waals surface area contributed by atoms with Crippen LogP contribution in [0.5, 0.6) is 0 Å². The zero-order chi connectivity index (χ0) is 20.4. The van der Waals surface area contributed by atoms with Gasteiger partial charge in [-0.2, -0.15) is 5.10 Å². The van der Waals surface area contributed by atoms with Gasteiger partial charge in [-0.05, 0) is 70.5 Å². The van der Waals surface area contributed by atoms with E-state index in [1.54, 1.807) is 12.5 Å². The molecule has 1 saturated heterocycles. The van der Waals surface area contributed by atoms with E-state index >= 15 is 0 Å². The lowest BCUT2D eigenvalue weighted by Crippen LogP contribution is -2.58. The number of carbonyl (C=O) groups excluding carboxylic acids is 1. The summed E-state index contributed by atoms with van der Waals surface area (Å²) in [5.74, 6) is 0.301. The van der Waals surface area contributed by atoms with Crippen LogP contribution in [-0.2, 0) is 4.79 Å².